The summed E-state index contributed by atoms with van der Waals surface area (Å²) in [5.41, 5.74) is 5.39. The van der Waals surface area contributed by atoms with Gasteiger partial charge in [0.05, 0.1) is 16.6 Å². The van der Waals surface area contributed by atoms with Gasteiger partial charge >= 0.3 is 5.76 Å². The highest BCUT2D eigenvalue weighted by Crippen LogP contribution is 2.26. The van der Waals surface area contributed by atoms with E-state index in [9.17, 15) is 22.0 Å². The summed E-state index contributed by atoms with van der Waals surface area (Å²) in [5.74, 6) is -4.16. The summed E-state index contributed by atoms with van der Waals surface area (Å²) in [5, 5.41) is 2.28. The van der Waals surface area contributed by atoms with E-state index in [4.69, 9.17) is 5.73 Å². The fraction of sp³-hybridized carbons (Fsp3) is 0.417. The summed E-state index contributed by atoms with van der Waals surface area (Å²) in [6, 6.07) is 4.18. The Kier molecular flexibility index (Phi) is 5.58. The average Bonchev–Trinajstić information content (AvgIpc) is 2.39. The lowest BCUT2D eigenvalue weighted by atomic mass is 10.1. The molecule has 0 saturated carbocycles. The highest BCUT2D eigenvalue weighted by atomic mass is 32.2. The molecule has 20 heavy (non-hydrogen) atoms. The van der Waals surface area contributed by atoms with Gasteiger partial charge in [-0.15, -0.1) is 0 Å². The largest absolute Gasteiger partial charge is 0.341 e. The number of carbonyl (C=O) groups excluding carboxylic acids is 1. The zero-order valence-corrected chi connectivity index (χ0v) is 11.7. The molecule has 0 spiro atoms. The Hall–Kier alpha value is -1.54. The third-order valence-electron chi connectivity index (χ3n) is 2.62. The van der Waals surface area contributed by atoms with Gasteiger partial charge in [-0.05, 0) is 18.6 Å². The number of hydrogen-bond donors (Lipinski definition) is 2. The predicted molar refractivity (Wildman–Crippen MR) is 71.1 cm³/mol. The summed E-state index contributed by atoms with van der Waals surface area (Å²) in [7, 11) is -4.78. The third-order valence-corrected chi connectivity index (χ3v) is 4.06. The van der Waals surface area contributed by atoms with E-state index in [0.717, 1.165) is 6.07 Å². The number of anilines is 1. The van der Waals surface area contributed by atoms with Crippen molar-refractivity contribution >= 4 is 21.4 Å². The lowest BCUT2D eigenvalue weighted by Gasteiger charge is -2.14. The Morgan fingerprint density at radius 2 is 1.95 bits per heavy atom. The van der Waals surface area contributed by atoms with Crippen molar-refractivity contribution in [3.8, 4) is 0 Å². The minimum Gasteiger partial charge on any atom is -0.324 e. The number of sulfone groups is 1. The van der Waals surface area contributed by atoms with Gasteiger partial charge in [0.25, 0.3) is 0 Å². The molecule has 0 aromatic heterocycles. The lowest BCUT2D eigenvalue weighted by molar-refractivity contribution is -0.117. The smallest absolute Gasteiger partial charge is 0.324 e. The van der Waals surface area contributed by atoms with E-state index in [-0.39, 0.29) is 5.69 Å². The number of benzene rings is 1. The standard InChI is InChI=1S/C12H16F2N2O3S/c1-2-5-8(15)11(17)16-9-6-3-4-7-10(9)20(18,19)12(13)14/h3-4,6-8,12H,2,5,15H2,1H3,(H,16,17)/t8-/m1/s1. The molecule has 0 bridgehead atoms. The first kappa shape index (κ1) is 16.5. The Morgan fingerprint density at radius 1 is 1.35 bits per heavy atom. The monoisotopic (exact) mass is 306 g/mol. The van der Waals surface area contributed by atoms with E-state index in [1.165, 1.54) is 18.2 Å². The molecule has 0 unspecified atom stereocenters. The highest BCUT2D eigenvalue weighted by molar-refractivity contribution is 7.91. The first-order valence-corrected chi connectivity index (χ1v) is 7.52. The molecule has 0 aliphatic rings. The van der Waals surface area contributed by atoms with Crippen molar-refractivity contribution in [2.45, 2.75) is 36.5 Å². The number of nitrogens with one attached hydrogen (secondary N) is 1. The van der Waals surface area contributed by atoms with E-state index in [2.05, 4.69) is 5.32 Å². The number of nitrogens with two attached hydrogens (primary N) is 1. The van der Waals surface area contributed by atoms with Gasteiger partial charge in [0, 0.05) is 0 Å². The van der Waals surface area contributed by atoms with Crippen LogP contribution >= 0.6 is 0 Å². The van der Waals surface area contributed by atoms with Gasteiger partial charge in [0.15, 0.2) is 0 Å². The van der Waals surface area contributed by atoms with Crippen LogP contribution in [0.4, 0.5) is 14.5 Å². The van der Waals surface area contributed by atoms with Gasteiger partial charge in [-0.3, -0.25) is 4.79 Å². The number of hydrogen-bond acceptors (Lipinski definition) is 4. The van der Waals surface area contributed by atoms with Crippen LogP contribution in [0.25, 0.3) is 0 Å². The molecule has 0 aliphatic carbocycles. The molecule has 1 rings (SSSR count). The predicted octanol–water partition coefficient (Wildman–Crippen LogP) is 1.75. The molecule has 0 heterocycles. The number of halogens is 2. The zero-order valence-electron chi connectivity index (χ0n) is 10.8. The molecule has 1 amide bonds. The number of rotatable bonds is 6. The fourth-order valence-corrected chi connectivity index (χ4v) is 2.47. The van der Waals surface area contributed by atoms with Crippen LogP contribution in [0.2, 0.25) is 0 Å². The summed E-state index contributed by atoms with van der Waals surface area (Å²) >= 11 is 0. The summed E-state index contributed by atoms with van der Waals surface area (Å²) < 4.78 is 48.1. The maximum absolute atomic E-state index is 12.6. The Bertz CT molecular complexity index is 576. The van der Waals surface area contributed by atoms with Crippen molar-refractivity contribution in [3.63, 3.8) is 0 Å². The van der Waals surface area contributed by atoms with Gasteiger partial charge < -0.3 is 11.1 Å². The second-order valence-electron chi connectivity index (χ2n) is 4.19. The van der Waals surface area contributed by atoms with Crippen molar-refractivity contribution in [2.24, 2.45) is 5.73 Å². The molecule has 0 fully saturated rings. The van der Waals surface area contributed by atoms with Crippen LogP contribution in [0.15, 0.2) is 29.2 Å². The maximum Gasteiger partial charge on any atom is 0.341 e. The third kappa shape index (κ3) is 3.73. The highest BCUT2D eigenvalue weighted by Gasteiger charge is 2.29. The number of para-hydroxylation sites is 1. The van der Waals surface area contributed by atoms with Crippen molar-refractivity contribution < 1.29 is 22.0 Å². The quantitative estimate of drug-likeness (QED) is 0.838. The van der Waals surface area contributed by atoms with E-state index in [1.807, 2.05) is 6.92 Å². The molecular formula is C12H16F2N2O3S. The van der Waals surface area contributed by atoms with Gasteiger partial charge in [-0.2, -0.15) is 8.78 Å². The van der Waals surface area contributed by atoms with Crippen molar-refractivity contribution in [3.05, 3.63) is 24.3 Å². The van der Waals surface area contributed by atoms with Crippen molar-refractivity contribution in [2.75, 3.05) is 5.32 Å². The van der Waals surface area contributed by atoms with Crippen LogP contribution in [-0.4, -0.2) is 26.1 Å². The van der Waals surface area contributed by atoms with E-state index in [1.54, 1.807) is 0 Å². The molecule has 8 heteroatoms. The van der Waals surface area contributed by atoms with E-state index >= 15 is 0 Å². The van der Waals surface area contributed by atoms with Crippen LogP contribution in [0, 0.1) is 0 Å². The first-order chi connectivity index (χ1) is 9.30. The maximum atomic E-state index is 12.6. The van der Waals surface area contributed by atoms with E-state index in [0.29, 0.717) is 12.8 Å². The van der Waals surface area contributed by atoms with Gasteiger partial charge in [-0.25, -0.2) is 8.42 Å². The van der Waals surface area contributed by atoms with Crippen LogP contribution in [-0.2, 0) is 14.6 Å². The molecular weight excluding hydrogens is 290 g/mol. The molecule has 1 aromatic rings. The minimum absolute atomic E-state index is 0.190. The zero-order chi connectivity index (χ0) is 15.3. The molecule has 0 aliphatic heterocycles. The lowest BCUT2D eigenvalue weighted by Crippen LogP contribution is -2.35. The Balaban J connectivity index is 3.07. The van der Waals surface area contributed by atoms with Crippen LogP contribution in [0.3, 0.4) is 0 Å². The van der Waals surface area contributed by atoms with E-state index < -0.39 is 32.4 Å². The minimum atomic E-state index is -4.78. The Labute approximate surface area is 116 Å². The second kappa shape index (κ2) is 6.76. The SMILES string of the molecule is CCC[C@@H](N)C(=O)Nc1ccccc1S(=O)(=O)C(F)F. The number of amides is 1. The van der Waals surface area contributed by atoms with Crippen LogP contribution in [0.1, 0.15) is 19.8 Å². The number of carbonyl (C=O) groups is 1. The van der Waals surface area contributed by atoms with Crippen LogP contribution < -0.4 is 11.1 Å². The summed E-state index contributed by atoms with van der Waals surface area (Å²) in [4.78, 5) is 11.1. The van der Waals surface area contributed by atoms with Crippen molar-refractivity contribution in [1.82, 2.24) is 0 Å². The second-order valence-corrected chi connectivity index (χ2v) is 6.07. The van der Waals surface area contributed by atoms with Crippen molar-refractivity contribution in [1.29, 1.82) is 0 Å². The molecule has 0 radical (unpaired) electrons. The summed E-state index contributed by atoms with van der Waals surface area (Å²) in [6.07, 6.45) is 1.08. The molecule has 1 atom stereocenters. The molecule has 1 aromatic carbocycles. The topological polar surface area (TPSA) is 89.3 Å². The van der Waals surface area contributed by atoms with Gasteiger partial charge in [-0.1, -0.05) is 25.5 Å². The first-order valence-electron chi connectivity index (χ1n) is 5.98. The molecule has 5 nitrogen and oxygen atoms in total. The normalized spacial score (nSPS) is 13.2. The molecule has 0 saturated heterocycles. The van der Waals surface area contributed by atoms with Crippen LogP contribution in [0.5, 0.6) is 0 Å². The average molecular weight is 306 g/mol. The summed E-state index contributed by atoms with van der Waals surface area (Å²) in [6.45, 7) is 1.84. The Morgan fingerprint density at radius 3 is 2.50 bits per heavy atom. The number of alkyl halides is 2. The molecule has 3 N–H and O–H groups in total. The fourth-order valence-electron chi connectivity index (χ4n) is 1.58. The van der Waals surface area contributed by atoms with Gasteiger partial charge in [0.2, 0.25) is 15.7 Å². The molecule has 112 valence electrons. The van der Waals surface area contributed by atoms with Gasteiger partial charge in [0.1, 0.15) is 0 Å².